The Balaban J connectivity index is 2.68. The van der Waals surface area contributed by atoms with Gasteiger partial charge in [0.15, 0.2) is 0 Å². The highest BCUT2D eigenvalue weighted by atomic mass is 35.5. The van der Waals surface area contributed by atoms with E-state index in [2.05, 4.69) is 0 Å². The summed E-state index contributed by atoms with van der Waals surface area (Å²) >= 11 is 5.77. The SMILES string of the molecule is CC(C)OCC(O)CC(C(=O)O)c1ccc(Cl)cc1. The molecule has 0 amide bonds. The molecule has 0 heterocycles. The molecule has 0 bridgehead atoms. The number of hydrogen-bond donors (Lipinski definition) is 2. The molecule has 1 aromatic carbocycles. The van der Waals surface area contributed by atoms with Gasteiger partial charge in [0.2, 0.25) is 0 Å². The van der Waals surface area contributed by atoms with Gasteiger partial charge in [-0.15, -0.1) is 0 Å². The first kappa shape index (κ1) is 16.0. The minimum absolute atomic E-state index is 0.00783. The molecule has 2 N–H and O–H groups in total. The van der Waals surface area contributed by atoms with Gasteiger partial charge in [0.05, 0.1) is 24.7 Å². The number of aliphatic carboxylic acids is 1. The van der Waals surface area contributed by atoms with E-state index in [1.165, 1.54) is 0 Å². The van der Waals surface area contributed by atoms with Crippen LogP contribution >= 0.6 is 11.6 Å². The summed E-state index contributed by atoms with van der Waals surface area (Å²) in [6.07, 6.45) is -0.684. The smallest absolute Gasteiger partial charge is 0.311 e. The summed E-state index contributed by atoms with van der Waals surface area (Å²) in [5, 5.41) is 19.6. The van der Waals surface area contributed by atoms with E-state index in [9.17, 15) is 15.0 Å². The fourth-order valence-corrected chi connectivity index (χ4v) is 1.84. The minimum Gasteiger partial charge on any atom is -0.481 e. The van der Waals surface area contributed by atoms with Gasteiger partial charge in [-0.25, -0.2) is 0 Å². The van der Waals surface area contributed by atoms with E-state index in [4.69, 9.17) is 16.3 Å². The van der Waals surface area contributed by atoms with Crippen LogP contribution in [0.3, 0.4) is 0 Å². The number of aliphatic hydroxyl groups is 1. The second-order valence-corrected chi connectivity index (χ2v) is 5.15. The second-order valence-electron chi connectivity index (χ2n) is 4.71. The molecule has 5 heteroatoms. The van der Waals surface area contributed by atoms with Crippen molar-refractivity contribution < 1.29 is 19.7 Å². The van der Waals surface area contributed by atoms with Crippen LogP contribution in [0.5, 0.6) is 0 Å². The molecule has 19 heavy (non-hydrogen) atoms. The summed E-state index contributed by atoms with van der Waals surface area (Å²) in [7, 11) is 0. The van der Waals surface area contributed by atoms with E-state index < -0.39 is 18.0 Å². The molecule has 4 nitrogen and oxygen atoms in total. The van der Waals surface area contributed by atoms with Gasteiger partial charge in [0.1, 0.15) is 0 Å². The fraction of sp³-hybridized carbons (Fsp3) is 0.500. The lowest BCUT2D eigenvalue weighted by Crippen LogP contribution is -2.24. The van der Waals surface area contributed by atoms with Gasteiger partial charge in [-0.3, -0.25) is 4.79 Å². The Labute approximate surface area is 118 Å². The van der Waals surface area contributed by atoms with Crippen LogP contribution in [0, 0.1) is 0 Å². The van der Waals surface area contributed by atoms with Crippen LogP contribution in [-0.4, -0.2) is 35.0 Å². The number of carboxylic acid groups (broad SMARTS) is 1. The van der Waals surface area contributed by atoms with Crippen molar-refractivity contribution in [3.8, 4) is 0 Å². The summed E-state index contributed by atoms with van der Waals surface area (Å²) in [5.74, 6) is -1.73. The molecule has 106 valence electrons. The molecule has 0 spiro atoms. The second kappa shape index (κ2) is 7.48. The highest BCUT2D eigenvalue weighted by Crippen LogP contribution is 2.23. The van der Waals surface area contributed by atoms with E-state index in [1.807, 2.05) is 13.8 Å². The van der Waals surface area contributed by atoms with Crippen molar-refractivity contribution in [3.05, 3.63) is 34.9 Å². The zero-order valence-corrected chi connectivity index (χ0v) is 11.8. The van der Waals surface area contributed by atoms with Crippen LogP contribution in [0.15, 0.2) is 24.3 Å². The summed E-state index contributed by atoms with van der Waals surface area (Å²) in [6.45, 7) is 3.86. The first-order chi connectivity index (χ1) is 8.90. The molecular formula is C14H19ClO4. The third-order valence-corrected chi connectivity index (χ3v) is 2.95. The van der Waals surface area contributed by atoms with Crippen molar-refractivity contribution >= 4 is 17.6 Å². The summed E-state index contributed by atoms with van der Waals surface area (Å²) in [5.41, 5.74) is 0.625. The van der Waals surface area contributed by atoms with Gasteiger partial charge < -0.3 is 14.9 Å². The van der Waals surface area contributed by atoms with Gasteiger partial charge in [0, 0.05) is 5.02 Å². The molecule has 1 aromatic rings. The van der Waals surface area contributed by atoms with Gasteiger partial charge in [-0.05, 0) is 38.0 Å². The third kappa shape index (κ3) is 5.59. The first-order valence-electron chi connectivity index (χ1n) is 6.18. The number of carboxylic acids is 1. The van der Waals surface area contributed by atoms with Crippen LogP contribution in [0.25, 0.3) is 0 Å². The Morgan fingerprint density at radius 3 is 2.37 bits per heavy atom. The quantitative estimate of drug-likeness (QED) is 0.809. The third-order valence-electron chi connectivity index (χ3n) is 2.70. The largest absolute Gasteiger partial charge is 0.481 e. The van der Waals surface area contributed by atoms with E-state index in [1.54, 1.807) is 24.3 Å². The molecule has 0 aliphatic heterocycles. The number of benzene rings is 1. The predicted octanol–water partition coefficient (Wildman–Crippen LogP) is 2.68. The van der Waals surface area contributed by atoms with Gasteiger partial charge >= 0.3 is 5.97 Å². The van der Waals surface area contributed by atoms with Gasteiger partial charge in [0.25, 0.3) is 0 Å². The van der Waals surface area contributed by atoms with E-state index in [0.717, 1.165) is 0 Å². The van der Waals surface area contributed by atoms with Crippen molar-refractivity contribution in [1.82, 2.24) is 0 Å². The van der Waals surface area contributed by atoms with E-state index in [-0.39, 0.29) is 19.1 Å². The van der Waals surface area contributed by atoms with Crippen LogP contribution in [-0.2, 0) is 9.53 Å². The first-order valence-corrected chi connectivity index (χ1v) is 6.56. The maximum Gasteiger partial charge on any atom is 0.311 e. The molecule has 0 fully saturated rings. The Bertz CT molecular complexity index is 402. The molecule has 2 unspecified atom stereocenters. The predicted molar refractivity (Wildman–Crippen MR) is 73.5 cm³/mol. The standard InChI is InChI=1S/C14H19ClO4/c1-9(2)19-8-12(16)7-13(14(17)18)10-3-5-11(15)6-4-10/h3-6,9,12-13,16H,7-8H2,1-2H3,(H,17,18). The number of carbonyl (C=O) groups is 1. The molecule has 1 rings (SSSR count). The zero-order chi connectivity index (χ0) is 14.4. The topological polar surface area (TPSA) is 66.8 Å². The maximum atomic E-state index is 11.3. The van der Waals surface area contributed by atoms with Crippen LogP contribution in [0.4, 0.5) is 0 Å². The number of ether oxygens (including phenoxy) is 1. The molecule has 0 aliphatic rings. The molecule has 0 radical (unpaired) electrons. The highest BCUT2D eigenvalue weighted by molar-refractivity contribution is 6.30. The van der Waals surface area contributed by atoms with Crippen molar-refractivity contribution in [2.24, 2.45) is 0 Å². The number of halogens is 1. The molecule has 0 saturated carbocycles. The van der Waals surface area contributed by atoms with Crippen LogP contribution < -0.4 is 0 Å². The van der Waals surface area contributed by atoms with E-state index >= 15 is 0 Å². The molecular weight excluding hydrogens is 268 g/mol. The fourth-order valence-electron chi connectivity index (χ4n) is 1.72. The maximum absolute atomic E-state index is 11.3. The van der Waals surface area contributed by atoms with Crippen LogP contribution in [0.2, 0.25) is 5.02 Å². The van der Waals surface area contributed by atoms with Crippen molar-refractivity contribution in [3.63, 3.8) is 0 Å². The monoisotopic (exact) mass is 286 g/mol. The Kier molecular flexibility index (Phi) is 6.28. The molecule has 0 aromatic heterocycles. The zero-order valence-electron chi connectivity index (χ0n) is 11.0. The highest BCUT2D eigenvalue weighted by Gasteiger charge is 2.23. The van der Waals surface area contributed by atoms with Gasteiger partial charge in [-0.1, -0.05) is 23.7 Å². The average Bonchev–Trinajstić information content (AvgIpc) is 2.34. The number of hydrogen-bond acceptors (Lipinski definition) is 3. The lowest BCUT2D eigenvalue weighted by Gasteiger charge is -2.18. The molecule has 0 saturated heterocycles. The van der Waals surface area contributed by atoms with Gasteiger partial charge in [-0.2, -0.15) is 0 Å². The summed E-state index contributed by atoms with van der Waals surface area (Å²) < 4.78 is 5.28. The Morgan fingerprint density at radius 1 is 1.32 bits per heavy atom. The number of rotatable bonds is 7. The molecule has 0 aliphatic carbocycles. The Morgan fingerprint density at radius 2 is 1.89 bits per heavy atom. The lowest BCUT2D eigenvalue weighted by atomic mass is 9.93. The minimum atomic E-state index is -0.967. The average molecular weight is 287 g/mol. The number of aliphatic hydroxyl groups excluding tert-OH is 1. The lowest BCUT2D eigenvalue weighted by molar-refractivity contribution is -0.140. The Hall–Kier alpha value is -1.10. The van der Waals surface area contributed by atoms with Crippen molar-refractivity contribution in [2.75, 3.05) is 6.61 Å². The summed E-state index contributed by atoms with van der Waals surface area (Å²) in [6, 6.07) is 6.61. The van der Waals surface area contributed by atoms with Crippen LogP contribution in [0.1, 0.15) is 31.7 Å². The summed E-state index contributed by atoms with van der Waals surface area (Å²) in [4.78, 5) is 11.3. The van der Waals surface area contributed by atoms with E-state index in [0.29, 0.717) is 10.6 Å². The van der Waals surface area contributed by atoms with Crippen molar-refractivity contribution in [1.29, 1.82) is 0 Å². The molecule has 2 atom stereocenters. The van der Waals surface area contributed by atoms with Crippen molar-refractivity contribution in [2.45, 2.75) is 38.4 Å². The normalized spacial score (nSPS) is 14.4.